The molecule has 0 unspecified atom stereocenters. The van der Waals surface area contributed by atoms with Gasteiger partial charge in [0.15, 0.2) is 0 Å². The summed E-state index contributed by atoms with van der Waals surface area (Å²) in [5.74, 6) is -0.244. The molecule has 0 amide bonds. The molecule has 0 aliphatic heterocycles. The Morgan fingerprint density at radius 3 is 2.79 bits per heavy atom. The summed E-state index contributed by atoms with van der Waals surface area (Å²) in [5, 5.41) is 1.79. The lowest BCUT2D eigenvalue weighted by Crippen LogP contribution is -1.98. The van der Waals surface area contributed by atoms with Crippen LogP contribution in [-0.2, 0) is 6.54 Å². The van der Waals surface area contributed by atoms with E-state index >= 15 is 0 Å². The molecule has 0 saturated heterocycles. The summed E-state index contributed by atoms with van der Waals surface area (Å²) in [6.07, 6.45) is 1.97. The van der Waals surface area contributed by atoms with Crippen LogP contribution >= 0.6 is 27.5 Å². The molecule has 4 heteroatoms. The summed E-state index contributed by atoms with van der Waals surface area (Å²) in [7, 11) is 0. The van der Waals surface area contributed by atoms with Gasteiger partial charge in [-0.2, -0.15) is 0 Å². The molecule has 0 bridgehead atoms. The highest BCUT2D eigenvalue weighted by atomic mass is 79.9. The zero-order valence-corrected chi connectivity index (χ0v) is 12.2. The molecule has 0 atom stereocenters. The van der Waals surface area contributed by atoms with E-state index in [2.05, 4.69) is 15.9 Å². The van der Waals surface area contributed by atoms with Crippen molar-refractivity contribution in [3.63, 3.8) is 0 Å². The van der Waals surface area contributed by atoms with Gasteiger partial charge in [0.05, 0.1) is 10.5 Å². The molecular weight excluding hydrogens is 329 g/mol. The van der Waals surface area contributed by atoms with Gasteiger partial charge in [-0.3, -0.25) is 0 Å². The number of halogens is 3. The van der Waals surface area contributed by atoms with Crippen LogP contribution in [0, 0.1) is 5.82 Å². The number of aromatic nitrogens is 1. The summed E-state index contributed by atoms with van der Waals surface area (Å²) < 4.78 is 16.2. The van der Waals surface area contributed by atoms with Gasteiger partial charge in [0.1, 0.15) is 5.82 Å². The largest absolute Gasteiger partial charge is 0.342 e. The number of nitrogens with zero attached hydrogens (tertiary/aromatic N) is 1. The third kappa shape index (κ3) is 2.53. The zero-order chi connectivity index (χ0) is 13.4. The Hall–Kier alpha value is -1.32. The van der Waals surface area contributed by atoms with Gasteiger partial charge in [-0.1, -0.05) is 39.7 Å². The first-order valence-electron chi connectivity index (χ1n) is 5.82. The van der Waals surface area contributed by atoms with E-state index in [9.17, 15) is 4.39 Å². The van der Waals surface area contributed by atoms with Crippen LogP contribution in [0.2, 0.25) is 5.02 Å². The van der Waals surface area contributed by atoms with Crippen molar-refractivity contribution >= 4 is 38.4 Å². The number of hydrogen-bond acceptors (Lipinski definition) is 0. The molecule has 1 aromatic heterocycles. The first-order valence-corrected chi connectivity index (χ1v) is 6.99. The van der Waals surface area contributed by atoms with Crippen molar-refractivity contribution in [2.24, 2.45) is 0 Å². The summed E-state index contributed by atoms with van der Waals surface area (Å²) in [6.45, 7) is 0.587. The molecule has 1 heterocycles. The van der Waals surface area contributed by atoms with Crippen molar-refractivity contribution in [3.05, 3.63) is 69.5 Å². The van der Waals surface area contributed by atoms with Gasteiger partial charge in [0.25, 0.3) is 0 Å². The van der Waals surface area contributed by atoms with Gasteiger partial charge in [-0.15, -0.1) is 0 Å². The highest BCUT2D eigenvalue weighted by molar-refractivity contribution is 9.10. The summed E-state index contributed by atoms with van der Waals surface area (Å²) in [4.78, 5) is 0. The molecule has 0 fully saturated rings. The third-order valence-electron chi connectivity index (χ3n) is 3.01. The Morgan fingerprint density at radius 2 is 2.00 bits per heavy atom. The monoisotopic (exact) mass is 337 g/mol. The van der Waals surface area contributed by atoms with E-state index in [-0.39, 0.29) is 5.82 Å². The van der Waals surface area contributed by atoms with E-state index in [4.69, 9.17) is 11.6 Å². The molecular formula is C15H10BrClFN. The fourth-order valence-electron chi connectivity index (χ4n) is 2.25. The third-order valence-corrected chi connectivity index (χ3v) is 3.78. The second-order valence-corrected chi connectivity index (χ2v) is 5.72. The van der Waals surface area contributed by atoms with Crippen molar-refractivity contribution in [1.82, 2.24) is 4.57 Å². The predicted molar refractivity (Wildman–Crippen MR) is 80.2 cm³/mol. The van der Waals surface area contributed by atoms with Crippen LogP contribution in [-0.4, -0.2) is 4.57 Å². The average Bonchev–Trinajstić information content (AvgIpc) is 2.72. The second-order valence-electron chi connectivity index (χ2n) is 4.40. The van der Waals surface area contributed by atoms with Crippen molar-refractivity contribution in [3.8, 4) is 0 Å². The van der Waals surface area contributed by atoms with Crippen LogP contribution in [0.5, 0.6) is 0 Å². The lowest BCUT2D eigenvalue weighted by Gasteiger charge is -2.08. The van der Waals surface area contributed by atoms with Crippen LogP contribution in [0.15, 0.2) is 53.1 Å². The minimum absolute atomic E-state index is 0.244. The Morgan fingerprint density at radius 1 is 1.16 bits per heavy atom. The minimum atomic E-state index is -0.244. The number of benzene rings is 2. The highest BCUT2D eigenvalue weighted by Gasteiger charge is 2.06. The number of fused-ring (bicyclic) bond motifs is 1. The van der Waals surface area contributed by atoms with Crippen LogP contribution in [0.3, 0.4) is 0 Å². The highest BCUT2D eigenvalue weighted by Crippen LogP contribution is 2.25. The molecule has 96 valence electrons. The molecule has 0 radical (unpaired) electrons. The fourth-order valence-corrected chi connectivity index (χ4v) is 3.05. The van der Waals surface area contributed by atoms with Crippen LogP contribution in [0.25, 0.3) is 10.9 Å². The standard InChI is InChI=1S/C15H10BrClFN/c16-12-6-10(7-13(18)8-12)9-19-5-4-11-2-1-3-14(17)15(11)19/h1-8H,9H2. The Balaban J connectivity index is 2.06. The lowest BCUT2D eigenvalue weighted by atomic mass is 10.2. The molecule has 0 aliphatic carbocycles. The Kier molecular flexibility index (Phi) is 3.33. The Labute approximate surface area is 123 Å². The zero-order valence-electron chi connectivity index (χ0n) is 9.91. The summed E-state index contributed by atoms with van der Waals surface area (Å²) >= 11 is 9.53. The number of hydrogen-bond donors (Lipinski definition) is 0. The van der Waals surface area contributed by atoms with Gasteiger partial charge in [0.2, 0.25) is 0 Å². The lowest BCUT2D eigenvalue weighted by molar-refractivity contribution is 0.623. The maximum absolute atomic E-state index is 13.4. The van der Waals surface area contributed by atoms with Gasteiger partial charge in [-0.05, 0) is 35.9 Å². The first-order chi connectivity index (χ1) is 9.13. The normalized spacial score (nSPS) is 11.1. The van der Waals surface area contributed by atoms with Gasteiger partial charge in [-0.25, -0.2) is 4.39 Å². The smallest absolute Gasteiger partial charge is 0.124 e. The van der Waals surface area contributed by atoms with Crippen molar-refractivity contribution < 1.29 is 4.39 Å². The quantitative estimate of drug-likeness (QED) is 0.602. The van der Waals surface area contributed by atoms with E-state index in [1.54, 1.807) is 0 Å². The molecule has 0 spiro atoms. The van der Waals surface area contributed by atoms with E-state index in [0.717, 1.165) is 20.9 Å². The minimum Gasteiger partial charge on any atom is -0.342 e. The van der Waals surface area contributed by atoms with Crippen molar-refractivity contribution in [2.75, 3.05) is 0 Å². The van der Waals surface area contributed by atoms with Gasteiger partial charge in [0, 0.05) is 22.6 Å². The molecule has 0 aliphatic rings. The maximum atomic E-state index is 13.4. The maximum Gasteiger partial charge on any atom is 0.124 e. The molecule has 0 saturated carbocycles. The SMILES string of the molecule is Fc1cc(Br)cc(Cn2ccc3cccc(Cl)c32)c1. The molecule has 0 N–H and O–H groups in total. The fraction of sp³-hybridized carbons (Fsp3) is 0.0667. The first kappa shape index (κ1) is 12.7. The van der Waals surface area contributed by atoms with E-state index < -0.39 is 0 Å². The van der Waals surface area contributed by atoms with Gasteiger partial charge >= 0.3 is 0 Å². The number of rotatable bonds is 2. The van der Waals surface area contributed by atoms with Crippen molar-refractivity contribution in [2.45, 2.75) is 6.54 Å². The summed E-state index contributed by atoms with van der Waals surface area (Å²) in [6, 6.07) is 12.7. The average molecular weight is 339 g/mol. The molecule has 19 heavy (non-hydrogen) atoms. The molecule has 3 rings (SSSR count). The van der Waals surface area contributed by atoms with E-state index in [0.29, 0.717) is 11.6 Å². The topological polar surface area (TPSA) is 4.93 Å². The van der Waals surface area contributed by atoms with Gasteiger partial charge < -0.3 is 4.57 Å². The molecule has 3 aromatic rings. The van der Waals surface area contributed by atoms with E-state index in [1.165, 1.54) is 12.1 Å². The summed E-state index contributed by atoms with van der Waals surface area (Å²) in [5.41, 5.74) is 1.87. The van der Waals surface area contributed by atoms with E-state index in [1.807, 2.05) is 41.1 Å². The number of para-hydroxylation sites is 1. The van der Waals surface area contributed by atoms with Crippen LogP contribution in [0.4, 0.5) is 4.39 Å². The van der Waals surface area contributed by atoms with Crippen LogP contribution < -0.4 is 0 Å². The van der Waals surface area contributed by atoms with Crippen LogP contribution in [0.1, 0.15) is 5.56 Å². The molecule has 2 aromatic carbocycles. The molecule has 1 nitrogen and oxygen atoms in total. The van der Waals surface area contributed by atoms with Crippen molar-refractivity contribution in [1.29, 1.82) is 0 Å². The predicted octanol–water partition coefficient (Wildman–Crippen LogP) is 5.24. The Bertz CT molecular complexity index is 731. The second kappa shape index (κ2) is 4.99.